The van der Waals surface area contributed by atoms with E-state index in [0.29, 0.717) is 26.1 Å². The van der Waals surface area contributed by atoms with Crippen LogP contribution in [-0.4, -0.2) is 72.5 Å². The van der Waals surface area contributed by atoms with Gasteiger partial charge in [-0.3, -0.25) is 4.79 Å². The van der Waals surface area contributed by atoms with E-state index in [-0.39, 0.29) is 17.5 Å². The molecule has 3 rings (SSSR count). The summed E-state index contributed by atoms with van der Waals surface area (Å²) in [6.45, 7) is 3.65. The number of nitrogens with zero attached hydrogens (tertiary/aromatic N) is 3. The molecule has 0 bridgehead atoms. The first-order valence-corrected chi connectivity index (χ1v) is 9.52. The number of benzene rings is 1. The van der Waals surface area contributed by atoms with Gasteiger partial charge in [0, 0.05) is 44.7 Å². The Bertz CT molecular complexity index is 624. The van der Waals surface area contributed by atoms with E-state index in [4.69, 9.17) is 0 Å². The minimum absolute atomic E-state index is 0.00660. The van der Waals surface area contributed by atoms with E-state index >= 15 is 0 Å². The molecular formula is C20H30N4O2. The van der Waals surface area contributed by atoms with Gasteiger partial charge in [-0.25, -0.2) is 4.79 Å². The molecule has 2 fully saturated rings. The first-order chi connectivity index (χ1) is 12.5. The zero-order valence-corrected chi connectivity index (χ0v) is 15.9. The van der Waals surface area contributed by atoms with Gasteiger partial charge in [-0.15, -0.1) is 0 Å². The number of carbonyl (C=O) groups excluding carboxylic acids is 2. The van der Waals surface area contributed by atoms with E-state index < -0.39 is 0 Å². The Hall–Kier alpha value is -2.08. The SMILES string of the molecule is CN(C)CCN1C(=O)CCC12CCN(C(=O)NCc1ccccc1)CC2. The van der Waals surface area contributed by atoms with Crippen molar-refractivity contribution in [2.45, 2.75) is 37.8 Å². The van der Waals surface area contributed by atoms with Crippen molar-refractivity contribution >= 4 is 11.9 Å². The fourth-order valence-corrected chi connectivity index (χ4v) is 4.07. The van der Waals surface area contributed by atoms with Gasteiger partial charge in [0.15, 0.2) is 0 Å². The molecule has 6 heteroatoms. The van der Waals surface area contributed by atoms with Crippen LogP contribution in [0.1, 0.15) is 31.2 Å². The lowest BCUT2D eigenvalue weighted by Crippen LogP contribution is -2.56. The number of hydrogen-bond acceptors (Lipinski definition) is 3. The average molecular weight is 358 g/mol. The van der Waals surface area contributed by atoms with E-state index in [1.54, 1.807) is 0 Å². The smallest absolute Gasteiger partial charge is 0.317 e. The van der Waals surface area contributed by atoms with Crippen LogP contribution in [0.5, 0.6) is 0 Å². The normalized spacial score (nSPS) is 19.4. The molecule has 0 radical (unpaired) electrons. The van der Waals surface area contributed by atoms with Crippen LogP contribution in [0.2, 0.25) is 0 Å². The van der Waals surface area contributed by atoms with Gasteiger partial charge in [0.25, 0.3) is 0 Å². The summed E-state index contributed by atoms with van der Waals surface area (Å²) in [4.78, 5) is 30.9. The molecule has 2 aliphatic heterocycles. The molecule has 6 nitrogen and oxygen atoms in total. The van der Waals surface area contributed by atoms with Crippen molar-refractivity contribution in [1.82, 2.24) is 20.0 Å². The summed E-state index contributed by atoms with van der Waals surface area (Å²) in [5.41, 5.74) is 1.06. The van der Waals surface area contributed by atoms with E-state index in [1.165, 1.54) is 0 Å². The van der Waals surface area contributed by atoms with Crippen LogP contribution in [0.4, 0.5) is 4.79 Å². The molecule has 0 unspecified atom stereocenters. The Balaban J connectivity index is 1.52. The second-order valence-corrected chi connectivity index (χ2v) is 7.70. The number of nitrogens with one attached hydrogen (secondary N) is 1. The topological polar surface area (TPSA) is 55.9 Å². The van der Waals surface area contributed by atoms with Gasteiger partial charge in [-0.2, -0.15) is 0 Å². The molecule has 26 heavy (non-hydrogen) atoms. The Labute approximate surface area is 156 Å². The second-order valence-electron chi connectivity index (χ2n) is 7.70. The van der Waals surface area contributed by atoms with Gasteiger partial charge in [0.1, 0.15) is 0 Å². The van der Waals surface area contributed by atoms with Crippen molar-refractivity contribution < 1.29 is 9.59 Å². The summed E-state index contributed by atoms with van der Waals surface area (Å²) in [5, 5.41) is 3.01. The minimum atomic E-state index is -0.0384. The number of amides is 3. The molecule has 0 saturated carbocycles. The van der Waals surface area contributed by atoms with Gasteiger partial charge in [-0.1, -0.05) is 30.3 Å². The molecule has 2 aliphatic rings. The highest BCUT2D eigenvalue weighted by Gasteiger charge is 2.47. The van der Waals surface area contributed by atoms with Crippen LogP contribution in [0.15, 0.2) is 30.3 Å². The molecule has 2 heterocycles. The predicted octanol–water partition coefficient (Wildman–Crippen LogP) is 1.91. The molecule has 0 aromatic heterocycles. The summed E-state index contributed by atoms with van der Waals surface area (Å²) in [7, 11) is 4.07. The largest absolute Gasteiger partial charge is 0.336 e. The molecular weight excluding hydrogens is 328 g/mol. The van der Waals surface area contributed by atoms with Crippen molar-refractivity contribution in [3.63, 3.8) is 0 Å². The van der Waals surface area contributed by atoms with Crippen LogP contribution in [0.3, 0.4) is 0 Å². The number of carbonyl (C=O) groups is 2. The standard InChI is InChI=1S/C20H30N4O2/c1-22(2)14-15-24-18(25)8-9-20(24)10-12-23(13-11-20)19(26)21-16-17-6-4-3-5-7-17/h3-7H,8-16H2,1-2H3,(H,21,26). The third-order valence-electron chi connectivity index (χ3n) is 5.72. The van der Waals surface area contributed by atoms with Gasteiger partial charge in [0.05, 0.1) is 0 Å². The van der Waals surface area contributed by atoms with Crippen LogP contribution in [-0.2, 0) is 11.3 Å². The lowest BCUT2D eigenvalue weighted by Gasteiger charge is -2.45. The van der Waals surface area contributed by atoms with Crippen molar-refractivity contribution in [2.24, 2.45) is 0 Å². The van der Waals surface area contributed by atoms with Crippen LogP contribution < -0.4 is 5.32 Å². The van der Waals surface area contributed by atoms with Crippen molar-refractivity contribution in [2.75, 3.05) is 40.3 Å². The lowest BCUT2D eigenvalue weighted by atomic mass is 9.85. The van der Waals surface area contributed by atoms with Gasteiger partial charge >= 0.3 is 6.03 Å². The minimum Gasteiger partial charge on any atom is -0.336 e. The summed E-state index contributed by atoms with van der Waals surface area (Å²) >= 11 is 0. The fraction of sp³-hybridized carbons (Fsp3) is 0.600. The van der Waals surface area contributed by atoms with Gasteiger partial charge in [-0.05, 0) is 38.9 Å². The van der Waals surface area contributed by atoms with Crippen LogP contribution in [0, 0.1) is 0 Å². The fourth-order valence-electron chi connectivity index (χ4n) is 4.07. The molecule has 0 atom stereocenters. The van der Waals surface area contributed by atoms with Crippen molar-refractivity contribution in [1.29, 1.82) is 0 Å². The highest BCUT2D eigenvalue weighted by atomic mass is 16.2. The molecule has 1 spiro atoms. The molecule has 1 N–H and O–H groups in total. The summed E-state index contributed by atoms with van der Waals surface area (Å²) in [5.74, 6) is 0.272. The second kappa shape index (κ2) is 8.08. The van der Waals surface area contributed by atoms with Crippen molar-refractivity contribution in [3.05, 3.63) is 35.9 Å². The molecule has 3 amide bonds. The van der Waals surface area contributed by atoms with Crippen molar-refractivity contribution in [3.8, 4) is 0 Å². The van der Waals surface area contributed by atoms with E-state index in [0.717, 1.165) is 37.9 Å². The predicted molar refractivity (Wildman–Crippen MR) is 102 cm³/mol. The molecule has 1 aromatic rings. The highest BCUT2D eigenvalue weighted by Crippen LogP contribution is 2.38. The molecule has 142 valence electrons. The zero-order chi connectivity index (χ0) is 18.6. The Morgan fingerprint density at radius 2 is 1.85 bits per heavy atom. The number of urea groups is 1. The Morgan fingerprint density at radius 1 is 1.15 bits per heavy atom. The Morgan fingerprint density at radius 3 is 2.50 bits per heavy atom. The maximum Gasteiger partial charge on any atom is 0.317 e. The number of piperidine rings is 1. The average Bonchev–Trinajstić information content (AvgIpc) is 2.95. The zero-order valence-electron chi connectivity index (χ0n) is 15.9. The number of likely N-dealkylation sites (N-methyl/N-ethyl adjacent to an activating group) is 1. The van der Waals surface area contributed by atoms with E-state index in [2.05, 4.69) is 15.1 Å². The van der Waals surface area contributed by atoms with Crippen LogP contribution in [0.25, 0.3) is 0 Å². The van der Waals surface area contributed by atoms with Gasteiger partial charge < -0.3 is 20.0 Å². The quantitative estimate of drug-likeness (QED) is 0.875. The van der Waals surface area contributed by atoms with E-state index in [9.17, 15) is 9.59 Å². The third-order valence-corrected chi connectivity index (χ3v) is 5.72. The summed E-state index contributed by atoms with van der Waals surface area (Å²) < 4.78 is 0. The summed E-state index contributed by atoms with van der Waals surface area (Å²) in [6.07, 6.45) is 3.34. The van der Waals surface area contributed by atoms with Crippen LogP contribution >= 0.6 is 0 Å². The van der Waals surface area contributed by atoms with Gasteiger partial charge in [0.2, 0.25) is 5.91 Å². The molecule has 1 aromatic carbocycles. The summed E-state index contributed by atoms with van der Waals surface area (Å²) in [6, 6.07) is 9.95. The Kier molecular flexibility index (Phi) is 5.81. The lowest BCUT2D eigenvalue weighted by molar-refractivity contribution is -0.132. The number of likely N-dealkylation sites (tertiary alicyclic amines) is 2. The monoisotopic (exact) mass is 358 g/mol. The molecule has 2 saturated heterocycles. The number of hydrogen-bond donors (Lipinski definition) is 1. The first-order valence-electron chi connectivity index (χ1n) is 9.52. The first kappa shape index (κ1) is 18.7. The maximum absolute atomic E-state index is 12.5. The third kappa shape index (κ3) is 4.18. The highest BCUT2D eigenvalue weighted by molar-refractivity contribution is 5.80. The molecule has 0 aliphatic carbocycles. The van der Waals surface area contributed by atoms with E-state index in [1.807, 2.05) is 49.3 Å². The maximum atomic E-state index is 12.5. The number of rotatable bonds is 5.